The number of para-hydroxylation sites is 1. The molecule has 0 radical (unpaired) electrons. The third-order valence-corrected chi connectivity index (χ3v) is 4.36. The fourth-order valence-electron chi connectivity index (χ4n) is 2.96. The Balaban J connectivity index is 1.96. The van der Waals surface area contributed by atoms with Crippen molar-refractivity contribution < 1.29 is 19.1 Å². The summed E-state index contributed by atoms with van der Waals surface area (Å²) in [5.41, 5.74) is 7.95. The number of nitrogens with two attached hydrogens (primary N) is 1. The lowest BCUT2D eigenvalue weighted by Gasteiger charge is -2.16. The van der Waals surface area contributed by atoms with Crippen molar-refractivity contribution in [2.75, 3.05) is 6.54 Å². The van der Waals surface area contributed by atoms with Crippen molar-refractivity contribution in [3.63, 3.8) is 0 Å². The molecule has 7 heteroatoms. The molecule has 2 aromatic rings. The number of nitrogens with one attached hydrogen (secondary N) is 2. The maximum Gasteiger partial charge on any atom is 0.402 e. The third-order valence-electron chi connectivity index (χ3n) is 4.36. The number of primary amides is 1. The number of hydrogen-bond acceptors (Lipinski definition) is 5. The van der Waals surface area contributed by atoms with Crippen molar-refractivity contribution >= 4 is 17.8 Å². The molecular weight excluding hydrogens is 346 g/mol. The predicted molar refractivity (Wildman–Crippen MR) is 99.6 cm³/mol. The smallest absolute Gasteiger partial charge is 0.402 e. The largest absolute Gasteiger partial charge is 0.419 e. The lowest BCUT2D eigenvalue weighted by Crippen LogP contribution is -2.41. The highest BCUT2D eigenvalue weighted by atomic mass is 16.5. The van der Waals surface area contributed by atoms with E-state index in [-0.39, 0.29) is 6.54 Å². The normalized spacial score (nSPS) is 18.3. The molecule has 1 aliphatic rings. The number of fused-ring (bicyclic) bond motifs is 4. The fraction of sp³-hybridized carbons (Fsp3) is 0.250. The number of carbonyl (C=O) groups excluding carboxylic acids is 3. The van der Waals surface area contributed by atoms with Gasteiger partial charge < -0.3 is 21.1 Å². The SMILES string of the molecule is NC(=O)C1CCCNC(=O)C(=O)Oc2ccccc2-c2cccc(c2)CN1. The molecule has 3 rings (SSSR count). The van der Waals surface area contributed by atoms with Crippen LogP contribution in [0.3, 0.4) is 0 Å². The van der Waals surface area contributed by atoms with E-state index in [0.29, 0.717) is 30.7 Å². The monoisotopic (exact) mass is 367 g/mol. The van der Waals surface area contributed by atoms with Crippen molar-refractivity contribution in [1.82, 2.24) is 10.6 Å². The standard InChI is InChI=1S/C20H21N3O4/c21-18(24)16-8-4-10-22-19(25)20(26)27-17-9-2-1-7-15(17)14-6-3-5-13(11-14)12-23-16/h1-3,5-7,9,11,16,23H,4,8,10,12H2,(H2,21,24)(H,22,25). The number of amides is 2. The van der Waals surface area contributed by atoms with E-state index in [2.05, 4.69) is 10.6 Å². The van der Waals surface area contributed by atoms with Crippen LogP contribution in [0.25, 0.3) is 11.1 Å². The molecule has 0 saturated heterocycles. The van der Waals surface area contributed by atoms with Gasteiger partial charge in [0.05, 0.1) is 6.04 Å². The Kier molecular flexibility index (Phi) is 5.83. The molecule has 0 fully saturated rings. The minimum Gasteiger partial charge on any atom is -0.419 e. The van der Waals surface area contributed by atoms with Gasteiger partial charge in [-0.1, -0.05) is 36.4 Å². The second kappa shape index (κ2) is 8.46. The van der Waals surface area contributed by atoms with Gasteiger partial charge in [0.25, 0.3) is 0 Å². The van der Waals surface area contributed by atoms with E-state index >= 15 is 0 Å². The molecular formula is C20H21N3O4. The number of hydrogen-bond donors (Lipinski definition) is 3. The summed E-state index contributed by atoms with van der Waals surface area (Å²) in [6, 6.07) is 14.2. The molecule has 0 saturated carbocycles. The van der Waals surface area contributed by atoms with E-state index in [1.165, 1.54) is 0 Å². The van der Waals surface area contributed by atoms with Crippen LogP contribution in [0.1, 0.15) is 18.4 Å². The van der Waals surface area contributed by atoms with Gasteiger partial charge in [-0.3, -0.25) is 9.59 Å². The summed E-state index contributed by atoms with van der Waals surface area (Å²) in [4.78, 5) is 35.7. The van der Waals surface area contributed by atoms with Crippen molar-refractivity contribution in [1.29, 1.82) is 0 Å². The van der Waals surface area contributed by atoms with Crippen LogP contribution in [0.5, 0.6) is 5.75 Å². The van der Waals surface area contributed by atoms with Crippen molar-refractivity contribution in [2.24, 2.45) is 5.73 Å². The third kappa shape index (κ3) is 4.71. The summed E-state index contributed by atoms with van der Waals surface area (Å²) in [5.74, 6) is -1.94. The van der Waals surface area contributed by atoms with E-state index in [0.717, 1.165) is 11.1 Å². The first-order chi connectivity index (χ1) is 13.0. The topological polar surface area (TPSA) is 111 Å². The highest BCUT2D eigenvalue weighted by molar-refractivity contribution is 6.33. The first kappa shape index (κ1) is 18.6. The molecule has 1 aliphatic heterocycles. The molecule has 1 heterocycles. The first-order valence-electron chi connectivity index (χ1n) is 8.75. The van der Waals surface area contributed by atoms with E-state index < -0.39 is 23.8 Å². The van der Waals surface area contributed by atoms with Crippen molar-refractivity contribution in [3.8, 4) is 16.9 Å². The van der Waals surface area contributed by atoms with Crippen LogP contribution in [-0.2, 0) is 20.9 Å². The lowest BCUT2D eigenvalue weighted by atomic mass is 10.0. The predicted octanol–water partition coefficient (Wildman–Crippen LogP) is 1.11. The van der Waals surface area contributed by atoms with Crippen molar-refractivity contribution in [3.05, 3.63) is 54.1 Å². The minimum atomic E-state index is -0.974. The summed E-state index contributed by atoms with van der Waals surface area (Å²) >= 11 is 0. The average Bonchev–Trinajstić information content (AvgIpc) is 2.67. The van der Waals surface area contributed by atoms with Crippen molar-refractivity contribution in [2.45, 2.75) is 25.4 Å². The Morgan fingerprint density at radius 2 is 1.93 bits per heavy atom. The van der Waals surface area contributed by atoms with Gasteiger partial charge in [-0.05, 0) is 36.1 Å². The van der Waals surface area contributed by atoms with E-state index in [4.69, 9.17) is 10.5 Å². The summed E-state index contributed by atoms with van der Waals surface area (Å²) in [5, 5.41) is 5.66. The second-order valence-electron chi connectivity index (χ2n) is 6.32. The molecule has 1 atom stereocenters. The van der Waals surface area contributed by atoms with Gasteiger partial charge in [-0.25, -0.2) is 4.79 Å². The lowest BCUT2D eigenvalue weighted by molar-refractivity contribution is -0.148. The van der Waals surface area contributed by atoms with Gasteiger partial charge in [-0.2, -0.15) is 0 Å². The molecule has 7 nitrogen and oxygen atoms in total. The van der Waals surface area contributed by atoms with Crippen LogP contribution in [0.15, 0.2) is 48.5 Å². The first-order valence-corrected chi connectivity index (χ1v) is 8.75. The second-order valence-corrected chi connectivity index (χ2v) is 6.32. The van der Waals surface area contributed by atoms with Gasteiger partial charge in [0.15, 0.2) is 0 Å². The highest BCUT2D eigenvalue weighted by Gasteiger charge is 2.20. The van der Waals surface area contributed by atoms with Crippen LogP contribution in [0.2, 0.25) is 0 Å². The highest BCUT2D eigenvalue weighted by Crippen LogP contribution is 2.30. The zero-order valence-corrected chi connectivity index (χ0v) is 14.7. The molecule has 2 aromatic carbocycles. The fourth-order valence-corrected chi connectivity index (χ4v) is 2.96. The Hall–Kier alpha value is -3.19. The Bertz CT molecular complexity index is 866. The number of ether oxygens (including phenoxy) is 1. The summed E-state index contributed by atoms with van der Waals surface area (Å²) in [6.45, 7) is 0.713. The quantitative estimate of drug-likeness (QED) is 0.397. The van der Waals surface area contributed by atoms with Crippen LogP contribution in [-0.4, -0.2) is 30.4 Å². The number of rotatable bonds is 1. The Labute approximate surface area is 156 Å². The van der Waals surface area contributed by atoms with Crippen LogP contribution < -0.4 is 21.1 Å². The van der Waals surface area contributed by atoms with E-state index in [1.54, 1.807) is 12.1 Å². The van der Waals surface area contributed by atoms with Crippen LogP contribution in [0, 0.1) is 0 Å². The zero-order valence-electron chi connectivity index (χ0n) is 14.7. The molecule has 27 heavy (non-hydrogen) atoms. The molecule has 2 amide bonds. The molecule has 4 N–H and O–H groups in total. The Morgan fingerprint density at radius 1 is 1.11 bits per heavy atom. The van der Waals surface area contributed by atoms with Gasteiger partial charge in [0.1, 0.15) is 5.75 Å². The average molecular weight is 367 g/mol. The molecule has 140 valence electrons. The molecule has 1 unspecified atom stereocenters. The number of carbonyl (C=O) groups is 3. The van der Waals surface area contributed by atoms with Gasteiger partial charge in [-0.15, -0.1) is 0 Å². The van der Waals surface area contributed by atoms with E-state index in [1.807, 2.05) is 36.4 Å². The summed E-state index contributed by atoms with van der Waals surface area (Å²) in [6.07, 6.45) is 0.945. The molecule has 0 aliphatic carbocycles. The van der Waals surface area contributed by atoms with E-state index in [9.17, 15) is 14.4 Å². The summed E-state index contributed by atoms with van der Waals surface area (Å²) in [7, 11) is 0. The zero-order chi connectivity index (χ0) is 19.2. The number of esters is 1. The van der Waals surface area contributed by atoms with Crippen LogP contribution in [0.4, 0.5) is 0 Å². The molecule has 2 bridgehead atoms. The van der Waals surface area contributed by atoms with Crippen LogP contribution >= 0.6 is 0 Å². The van der Waals surface area contributed by atoms with Gasteiger partial charge in [0, 0.05) is 18.7 Å². The maximum atomic E-state index is 12.1. The molecule has 0 aromatic heterocycles. The molecule has 0 spiro atoms. The number of benzene rings is 2. The summed E-state index contributed by atoms with van der Waals surface area (Å²) < 4.78 is 5.30. The van der Waals surface area contributed by atoms with Gasteiger partial charge in [0.2, 0.25) is 5.91 Å². The van der Waals surface area contributed by atoms with Gasteiger partial charge >= 0.3 is 11.9 Å². The Morgan fingerprint density at radius 3 is 2.74 bits per heavy atom. The maximum absolute atomic E-state index is 12.1. The minimum absolute atomic E-state index is 0.245.